The fourth-order valence-electron chi connectivity index (χ4n) is 1.66. The van der Waals surface area contributed by atoms with Crippen molar-refractivity contribution in [3.63, 3.8) is 0 Å². The van der Waals surface area contributed by atoms with Gasteiger partial charge in [0.25, 0.3) is 0 Å². The van der Waals surface area contributed by atoms with E-state index in [1.165, 1.54) is 18.2 Å². The highest BCUT2D eigenvalue weighted by atomic mass is 79.9. The third kappa shape index (κ3) is 4.01. The molecule has 2 aromatic rings. The molecule has 0 aliphatic heterocycles. The topological polar surface area (TPSA) is 51.1 Å². The molecule has 0 saturated carbocycles. The van der Waals surface area contributed by atoms with E-state index in [2.05, 4.69) is 30.9 Å². The third-order valence-electron chi connectivity index (χ3n) is 2.72. The van der Waals surface area contributed by atoms with Gasteiger partial charge in [-0.15, -0.1) is 0 Å². The molecule has 1 heterocycles. The number of nitrogens with zero attached hydrogens (tertiary/aromatic N) is 4. The van der Waals surface area contributed by atoms with Crippen molar-refractivity contribution in [2.75, 3.05) is 18.0 Å². The van der Waals surface area contributed by atoms with Crippen molar-refractivity contribution in [3.05, 3.63) is 33.8 Å². The molecule has 0 unspecified atom stereocenters. The minimum atomic E-state index is -0.375. The number of aromatic nitrogens is 3. The summed E-state index contributed by atoms with van der Waals surface area (Å²) in [4.78, 5) is 14.1. The van der Waals surface area contributed by atoms with E-state index in [9.17, 15) is 4.39 Å². The third-order valence-corrected chi connectivity index (χ3v) is 3.50. The van der Waals surface area contributed by atoms with Crippen molar-refractivity contribution < 1.29 is 9.13 Å². The van der Waals surface area contributed by atoms with Gasteiger partial charge in [-0.2, -0.15) is 15.0 Å². The van der Waals surface area contributed by atoms with Crippen LogP contribution in [0.15, 0.2) is 22.7 Å². The van der Waals surface area contributed by atoms with Crippen LogP contribution in [0.1, 0.15) is 13.8 Å². The second-order valence-corrected chi connectivity index (χ2v) is 5.23. The lowest BCUT2D eigenvalue weighted by Gasteiger charge is -2.18. The van der Waals surface area contributed by atoms with Gasteiger partial charge in [0.15, 0.2) is 0 Å². The van der Waals surface area contributed by atoms with Gasteiger partial charge in [0.05, 0.1) is 4.47 Å². The number of ether oxygens (including phenoxy) is 1. The van der Waals surface area contributed by atoms with Gasteiger partial charge in [-0.1, -0.05) is 0 Å². The van der Waals surface area contributed by atoms with E-state index in [-0.39, 0.29) is 17.1 Å². The lowest BCUT2D eigenvalue weighted by Crippen LogP contribution is -2.24. The molecule has 0 amide bonds. The van der Waals surface area contributed by atoms with Crippen LogP contribution in [-0.2, 0) is 0 Å². The summed E-state index contributed by atoms with van der Waals surface area (Å²) in [6, 6.07) is 4.32. The van der Waals surface area contributed by atoms with Crippen molar-refractivity contribution in [3.8, 4) is 11.8 Å². The number of hydrogen-bond acceptors (Lipinski definition) is 5. The predicted octanol–water partition coefficient (Wildman–Crippen LogP) is 4.07. The van der Waals surface area contributed by atoms with Crippen LogP contribution in [-0.4, -0.2) is 28.0 Å². The van der Waals surface area contributed by atoms with Crippen LogP contribution >= 0.6 is 27.5 Å². The first kappa shape index (κ1) is 15.9. The Morgan fingerprint density at radius 2 is 1.95 bits per heavy atom. The molecule has 0 saturated heterocycles. The van der Waals surface area contributed by atoms with E-state index in [0.29, 0.717) is 16.2 Å². The molecular formula is C13H13BrClFN4O. The van der Waals surface area contributed by atoms with Crippen molar-refractivity contribution in [2.45, 2.75) is 13.8 Å². The summed E-state index contributed by atoms with van der Waals surface area (Å²) in [5.41, 5.74) is 0. The Labute approximate surface area is 135 Å². The fourth-order valence-corrected chi connectivity index (χ4v) is 2.17. The van der Waals surface area contributed by atoms with Gasteiger partial charge in [0.2, 0.25) is 11.2 Å². The minimum absolute atomic E-state index is 0.0445. The summed E-state index contributed by atoms with van der Waals surface area (Å²) < 4.78 is 19.0. The molecule has 1 aromatic carbocycles. The quantitative estimate of drug-likeness (QED) is 0.788. The summed E-state index contributed by atoms with van der Waals surface area (Å²) in [6.45, 7) is 5.44. The highest BCUT2D eigenvalue weighted by Crippen LogP contribution is 2.25. The first-order valence-electron chi connectivity index (χ1n) is 6.33. The smallest absolute Gasteiger partial charge is 0.328 e. The average molecular weight is 376 g/mol. The number of benzene rings is 1. The van der Waals surface area contributed by atoms with Crippen molar-refractivity contribution in [1.29, 1.82) is 0 Å². The molecule has 0 aliphatic rings. The summed E-state index contributed by atoms with van der Waals surface area (Å²) in [5.74, 6) is 0.465. The van der Waals surface area contributed by atoms with Crippen LogP contribution in [0.2, 0.25) is 5.28 Å². The molecule has 0 fully saturated rings. The monoisotopic (exact) mass is 374 g/mol. The standard InChI is InChI=1S/C13H13BrClFN4O/c1-3-20(4-2)12-17-11(15)18-13(19-12)21-8-5-6-10(16)9(14)7-8/h5-7H,3-4H2,1-2H3. The van der Waals surface area contributed by atoms with E-state index >= 15 is 0 Å². The summed E-state index contributed by atoms with van der Waals surface area (Å²) in [7, 11) is 0. The summed E-state index contributed by atoms with van der Waals surface area (Å²) in [5, 5.41) is 0.0445. The molecular weight excluding hydrogens is 363 g/mol. The van der Waals surface area contributed by atoms with Crippen LogP contribution in [0.4, 0.5) is 10.3 Å². The Hall–Kier alpha value is -1.47. The SMILES string of the molecule is CCN(CC)c1nc(Cl)nc(Oc2ccc(F)c(Br)c2)n1. The molecule has 0 bridgehead atoms. The highest BCUT2D eigenvalue weighted by molar-refractivity contribution is 9.10. The predicted molar refractivity (Wildman–Crippen MR) is 82.6 cm³/mol. The Morgan fingerprint density at radius 1 is 1.24 bits per heavy atom. The zero-order valence-corrected chi connectivity index (χ0v) is 13.8. The second-order valence-electron chi connectivity index (χ2n) is 4.04. The maximum Gasteiger partial charge on any atom is 0.328 e. The molecule has 2 rings (SSSR count). The maximum atomic E-state index is 13.2. The van der Waals surface area contributed by atoms with Gasteiger partial charge in [0, 0.05) is 13.1 Å². The van der Waals surface area contributed by atoms with Crippen molar-refractivity contribution >= 4 is 33.5 Å². The van der Waals surface area contributed by atoms with Crippen LogP contribution < -0.4 is 9.64 Å². The van der Waals surface area contributed by atoms with E-state index in [1.807, 2.05) is 18.7 Å². The molecule has 5 nitrogen and oxygen atoms in total. The van der Waals surface area contributed by atoms with Gasteiger partial charge in [-0.25, -0.2) is 4.39 Å². The molecule has 0 radical (unpaired) electrons. The van der Waals surface area contributed by atoms with Crippen LogP contribution in [0.3, 0.4) is 0 Å². The van der Waals surface area contributed by atoms with Crippen LogP contribution in [0.5, 0.6) is 11.8 Å². The lowest BCUT2D eigenvalue weighted by atomic mass is 10.3. The lowest BCUT2D eigenvalue weighted by molar-refractivity contribution is 0.437. The van der Waals surface area contributed by atoms with E-state index < -0.39 is 0 Å². The van der Waals surface area contributed by atoms with E-state index in [1.54, 1.807) is 0 Å². The fraction of sp³-hybridized carbons (Fsp3) is 0.308. The molecule has 8 heteroatoms. The summed E-state index contributed by atoms with van der Waals surface area (Å²) >= 11 is 8.98. The van der Waals surface area contributed by atoms with Gasteiger partial charge in [-0.05, 0) is 59.6 Å². The normalized spacial score (nSPS) is 10.5. The summed E-state index contributed by atoms with van der Waals surface area (Å²) in [6.07, 6.45) is 0. The van der Waals surface area contributed by atoms with Crippen LogP contribution in [0, 0.1) is 5.82 Å². The maximum absolute atomic E-state index is 13.2. The van der Waals surface area contributed by atoms with Crippen LogP contribution in [0.25, 0.3) is 0 Å². The van der Waals surface area contributed by atoms with Gasteiger partial charge in [0.1, 0.15) is 11.6 Å². The minimum Gasteiger partial charge on any atom is -0.424 e. The Kier molecular flexibility index (Phi) is 5.30. The van der Waals surface area contributed by atoms with Gasteiger partial charge < -0.3 is 9.64 Å². The molecule has 1 aromatic heterocycles. The largest absolute Gasteiger partial charge is 0.424 e. The highest BCUT2D eigenvalue weighted by Gasteiger charge is 2.12. The number of rotatable bonds is 5. The Bertz CT molecular complexity index is 640. The number of anilines is 1. The van der Waals surface area contributed by atoms with Gasteiger partial charge in [-0.3, -0.25) is 0 Å². The number of hydrogen-bond donors (Lipinski definition) is 0. The van der Waals surface area contributed by atoms with E-state index in [0.717, 1.165) is 13.1 Å². The van der Waals surface area contributed by atoms with Crippen molar-refractivity contribution in [1.82, 2.24) is 15.0 Å². The molecule has 0 N–H and O–H groups in total. The molecule has 112 valence electrons. The Morgan fingerprint density at radius 3 is 2.57 bits per heavy atom. The first-order chi connectivity index (χ1) is 10.0. The Balaban J connectivity index is 2.29. The second kappa shape index (κ2) is 7.00. The number of halogens is 3. The molecule has 0 atom stereocenters. The molecule has 0 aliphatic carbocycles. The van der Waals surface area contributed by atoms with Gasteiger partial charge >= 0.3 is 6.01 Å². The van der Waals surface area contributed by atoms with E-state index in [4.69, 9.17) is 16.3 Å². The first-order valence-corrected chi connectivity index (χ1v) is 7.50. The zero-order chi connectivity index (χ0) is 15.4. The average Bonchev–Trinajstić information content (AvgIpc) is 2.44. The molecule has 21 heavy (non-hydrogen) atoms. The zero-order valence-electron chi connectivity index (χ0n) is 11.5. The molecule has 0 spiro atoms. The van der Waals surface area contributed by atoms with Crippen molar-refractivity contribution in [2.24, 2.45) is 0 Å².